The van der Waals surface area contributed by atoms with Crippen LogP contribution in [0.5, 0.6) is 0 Å². The van der Waals surface area contributed by atoms with Gasteiger partial charge in [0.2, 0.25) is 0 Å². The first-order valence-corrected chi connectivity index (χ1v) is 6.18. The second kappa shape index (κ2) is 5.85. The fourth-order valence-corrected chi connectivity index (χ4v) is 2.13. The molecule has 0 aromatic carbocycles. The molecule has 0 N–H and O–H groups in total. The van der Waals surface area contributed by atoms with Crippen LogP contribution in [0.3, 0.4) is 0 Å². The van der Waals surface area contributed by atoms with Crippen LogP contribution in [-0.4, -0.2) is 24.4 Å². The van der Waals surface area contributed by atoms with Gasteiger partial charge >= 0.3 is 0 Å². The van der Waals surface area contributed by atoms with E-state index in [1.165, 1.54) is 17.8 Å². The van der Waals surface area contributed by atoms with Crippen molar-refractivity contribution in [3.8, 4) is 0 Å². The van der Waals surface area contributed by atoms with Gasteiger partial charge in [-0.1, -0.05) is 31.6 Å². The summed E-state index contributed by atoms with van der Waals surface area (Å²) in [7, 11) is 0. The van der Waals surface area contributed by atoms with Gasteiger partial charge in [0.25, 0.3) is 0 Å². The molecule has 0 radical (unpaired) electrons. The molecule has 1 unspecified atom stereocenters. The number of hydrogen-bond acceptors (Lipinski definition) is 4. The maximum Gasteiger partial charge on any atom is 0.185 e. The summed E-state index contributed by atoms with van der Waals surface area (Å²) < 4.78 is 0. The summed E-state index contributed by atoms with van der Waals surface area (Å²) in [4.78, 5) is 17.7. The van der Waals surface area contributed by atoms with E-state index in [0.717, 1.165) is 24.5 Å². The molecule has 1 rings (SSSR count). The molecule has 0 aliphatic rings. The van der Waals surface area contributed by atoms with Gasteiger partial charge in [-0.3, -0.25) is 4.79 Å². The molecule has 0 aliphatic carbocycles. The molecule has 0 amide bonds. The zero-order chi connectivity index (χ0) is 11.3. The summed E-state index contributed by atoms with van der Waals surface area (Å²) >= 11 is 1.46. The van der Waals surface area contributed by atoms with E-state index in [9.17, 15) is 4.79 Å². The van der Waals surface area contributed by atoms with Gasteiger partial charge in [0, 0.05) is 13.1 Å². The van der Waals surface area contributed by atoms with E-state index in [1.54, 1.807) is 6.20 Å². The molecule has 0 saturated carbocycles. The number of carbonyl (C=O) groups is 1. The van der Waals surface area contributed by atoms with Crippen LogP contribution < -0.4 is 4.90 Å². The summed E-state index contributed by atoms with van der Waals surface area (Å²) in [6, 6.07) is 0. The third-order valence-electron chi connectivity index (χ3n) is 2.51. The van der Waals surface area contributed by atoms with Crippen LogP contribution in [0.25, 0.3) is 0 Å². The number of hydrogen-bond donors (Lipinski definition) is 0. The highest BCUT2D eigenvalue weighted by Gasteiger charge is 2.11. The van der Waals surface area contributed by atoms with E-state index in [2.05, 4.69) is 30.7 Å². The van der Waals surface area contributed by atoms with Crippen molar-refractivity contribution in [1.82, 2.24) is 4.98 Å². The third-order valence-corrected chi connectivity index (χ3v) is 3.49. The van der Waals surface area contributed by atoms with E-state index >= 15 is 0 Å². The molecule has 0 bridgehead atoms. The second-order valence-electron chi connectivity index (χ2n) is 3.72. The van der Waals surface area contributed by atoms with Crippen molar-refractivity contribution in [2.75, 3.05) is 18.0 Å². The molecule has 1 aromatic rings. The van der Waals surface area contributed by atoms with Gasteiger partial charge in [-0.25, -0.2) is 4.98 Å². The predicted octanol–water partition coefficient (Wildman–Crippen LogP) is 2.83. The number of thiazole rings is 1. The first-order chi connectivity index (χ1) is 7.21. The predicted molar refractivity (Wildman–Crippen MR) is 64.8 cm³/mol. The van der Waals surface area contributed by atoms with E-state index < -0.39 is 0 Å². The highest BCUT2D eigenvalue weighted by atomic mass is 32.1. The Morgan fingerprint density at radius 2 is 2.33 bits per heavy atom. The Morgan fingerprint density at radius 1 is 1.60 bits per heavy atom. The molecule has 0 fully saturated rings. The molecule has 4 heteroatoms. The Balaban J connectivity index is 2.69. The monoisotopic (exact) mass is 226 g/mol. The van der Waals surface area contributed by atoms with Crippen LogP contribution in [0.4, 0.5) is 5.13 Å². The molecule has 1 heterocycles. The van der Waals surface area contributed by atoms with Gasteiger partial charge in [0.05, 0.1) is 11.1 Å². The molecule has 84 valence electrons. The minimum Gasteiger partial charge on any atom is -0.348 e. The lowest BCUT2D eigenvalue weighted by Gasteiger charge is -2.23. The molecule has 0 aliphatic heterocycles. The van der Waals surface area contributed by atoms with E-state index in [0.29, 0.717) is 10.8 Å². The van der Waals surface area contributed by atoms with Gasteiger partial charge in [-0.05, 0) is 12.8 Å². The highest BCUT2D eigenvalue weighted by Crippen LogP contribution is 2.22. The number of aldehydes is 1. The Hall–Kier alpha value is -0.900. The first-order valence-electron chi connectivity index (χ1n) is 5.37. The Bertz CT molecular complexity index is 311. The van der Waals surface area contributed by atoms with Crippen LogP contribution in [0.15, 0.2) is 6.20 Å². The highest BCUT2D eigenvalue weighted by molar-refractivity contribution is 7.17. The summed E-state index contributed by atoms with van der Waals surface area (Å²) in [5, 5.41) is 0.958. The Morgan fingerprint density at radius 3 is 2.80 bits per heavy atom. The van der Waals surface area contributed by atoms with Crippen LogP contribution in [0, 0.1) is 5.92 Å². The number of anilines is 1. The average Bonchev–Trinajstić information content (AvgIpc) is 2.73. The minimum atomic E-state index is 0.661. The smallest absolute Gasteiger partial charge is 0.185 e. The first kappa shape index (κ1) is 12.2. The molecule has 0 spiro atoms. The Kier molecular flexibility index (Phi) is 4.75. The largest absolute Gasteiger partial charge is 0.348 e. The summed E-state index contributed by atoms with van der Waals surface area (Å²) in [5.74, 6) is 0.661. The lowest BCUT2D eigenvalue weighted by Crippen LogP contribution is -2.27. The maximum absolute atomic E-state index is 10.6. The molecule has 0 saturated heterocycles. The van der Waals surface area contributed by atoms with E-state index in [-0.39, 0.29) is 0 Å². The second-order valence-corrected chi connectivity index (χ2v) is 4.76. The summed E-state index contributed by atoms with van der Waals surface area (Å²) in [6.45, 7) is 8.49. The minimum absolute atomic E-state index is 0.661. The van der Waals surface area contributed by atoms with Crippen molar-refractivity contribution in [3.05, 3.63) is 11.1 Å². The standard InChI is InChI=1S/C11H18N2OS/c1-4-9(3)7-13(5-2)11-12-6-10(8-14)15-11/h6,8-9H,4-5,7H2,1-3H3. The van der Waals surface area contributed by atoms with Gasteiger partial charge in [-0.2, -0.15) is 0 Å². The van der Waals surface area contributed by atoms with Gasteiger partial charge in [-0.15, -0.1) is 0 Å². The topological polar surface area (TPSA) is 33.2 Å². The van der Waals surface area contributed by atoms with E-state index in [1.807, 2.05) is 0 Å². The maximum atomic E-state index is 10.6. The van der Waals surface area contributed by atoms with Gasteiger partial charge in [0.15, 0.2) is 11.4 Å². The van der Waals surface area contributed by atoms with Crippen molar-refractivity contribution in [3.63, 3.8) is 0 Å². The van der Waals surface area contributed by atoms with Crippen molar-refractivity contribution in [2.45, 2.75) is 27.2 Å². The molecule has 3 nitrogen and oxygen atoms in total. The zero-order valence-electron chi connectivity index (χ0n) is 9.56. The fourth-order valence-electron chi connectivity index (χ4n) is 1.33. The summed E-state index contributed by atoms with van der Waals surface area (Å²) in [5.41, 5.74) is 0. The lowest BCUT2D eigenvalue weighted by atomic mass is 10.1. The number of nitrogens with zero attached hydrogens (tertiary/aromatic N) is 2. The van der Waals surface area contributed by atoms with Gasteiger partial charge < -0.3 is 4.90 Å². The molecular formula is C11H18N2OS. The SMILES string of the molecule is CCC(C)CN(CC)c1ncc(C=O)s1. The van der Waals surface area contributed by atoms with E-state index in [4.69, 9.17) is 0 Å². The molecule has 1 aromatic heterocycles. The zero-order valence-corrected chi connectivity index (χ0v) is 10.4. The molecular weight excluding hydrogens is 208 g/mol. The number of aromatic nitrogens is 1. The van der Waals surface area contributed by atoms with Crippen molar-refractivity contribution in [2.24, 2.45) is 5.92 Å². The van der Waals surface area contributed by atoms with Crippen LogP contribution >= 0.6 is 11.3 Å². The van der Waals surface area contributed by atoms with Crippen molar-refractivity contribution >= 4 is 22.8 Å². The fraction of sp³-hybridized carbons (Fsp3) is 0.636. The third kappa shape index (κ3) is 3.30. The number of rotatable bonds is 6. The molecule has 15 heavy (non-hydrogen) atoms. The van der Waals surface area contributed by atoms with Gasteiger partial charge in [0.1, 0.15) is 0 Å². The van der Waals surface area contributed by atoms with Crippen molar-refractivity contribution < 1.29 is 4.79 Å². The quantitative estimate of drug-likeness (QED) is 0.699. The van der Waals surface area contributed by atoms with Crippen LogP contribution in [0.2, 0.25) is 0 Å². The molecule has 1 atom stereocenters. The normalized spacial score (nSPS) is 12.5. The Labute approximate surface area is 95.1 Å². The van der Waals surface area contributed by atoms with Crippen molar-refractivity contribution in [1.29, 1.82) is 0 Å². The number of carbonyl (C=O) groups excluding carboxylic acids is 1. The van der Waals surface area contributed by atoms with Crippen LogP contribution in [-0.2, 0) is 0 Å². The average molecular weight is 226 g/mol. The lowest BCUT2D eigenvalue weighted by molar-refractivity contribution is 0.112. The summed E-state index contributed by atoms with van der Waals surface area (Å²) in [6.07, 6.45) is 3.67. The van der Waals surface area contributed by atoms with Crippen LogP contribution in [0.1, 0.15) is 36.9 Å².